The van der Waals surface area contributed by atoms with E-state index in [9.17, 15) is 0 Å². The maximum Gasteiger partial charge on any atom is 0.154 e. The number of benzene rings is 1. The average molecular weight is 227 g/mol. The molecule has 0 saturated carbocycles. The molecule has 0 aliphatic rings. The predicted molar refractivity (Wildman–Crippen MR) is 62.9 cm³/mol. The summed E-state index contributed by atoms with van der Waals surface area (Å²) >= 11 is 5.98. The summed E-state index contributed by atoms with van der Waals surface area (Å²) in [7, 11) is 1.61. The van der Waals surface area contributed by atoms with Crippen LogP contribution in [0.2, 0.25) is 5.02 Å². The molecule has 1 aromatic rings. The summed E-state index contributed by atoms with van der Waals surface area (Å²) in [5, 5.41) is 0.744. The zero-order valence-electron chi connectivity index (χ0n) is 8.94. The molecule has 0 saturated heterocycles. The van der Waals surface area contributed by atoms with Crippen molar-refractivity contribution in [3.8, 4) is 0 Å². The van der Waals surface area contributed by atoms with Gasteiger partial charge in [0.15, 0.2) is 6.29 Å². The van der Waals surface area contributed by atoms with Crippen molar-refractivity contribution >= 4 is 17.7 Å². The molecule has 1 aromatic carbocycles. The highest BCUT2D eigenvalue weighted by Crippen LogP contribution is 2.16. The highest BCUT2D eigenvalue weighted by molar-refractivity contribution is 6.32. The quantitative estimate of drug-likeness (QED) is 0.717. The number of rotatable bonds is 5. The van der Waals surface area contributed by atoms with Gasteiger partial charge in [0, 0.05) is 12.1 Å². The summed E-state index contributed by atoms with van der Waals surface area (Å²) in [6.07, 6.45) is 3.67. The van der Waals surface area contributed by atoms with Crippen molar-refractivity contribution < 1.29 is 9.47 Å². The molecule has 1 atom stereocenters. The molecule has 0 bridgehead atoms. The van der Waals surface area contributed by atoms with E-state index in [-0.39, 0.29) is 6.29 Å². The van der Waals surface area contributed by atoms with E-state index < -0.39 is 0 Å². The lowest BCUT2D eigenvalue weighted by Gasteiger charge is -2.07. The van der Waals surface area contributed by atoms with E-state index in [1.54, 1.807) is 7.11 Å². The first-order valence-electron chi connectivity index (χ1n) is 4.79. The minimum absolute atomic E-state index is 0.180. The lowest BCUT2D eigenvalue weighted by atomic mass is 10.2. The Morgan fingerprint density at radius 2 is 2.13 bits per heavy atom. The SMILES string of the molecule is COC(C)OC/C=C/c1ccccc1Cl. The van der Waals surface area contributed by atoms with Crippen molar-refractivity contribution in [3.63, 3.8) is 0 Å². The average Bonchev–Trinajstić information content (AvgIpc) is 2.26. The molecule has 3 heteroatoms. The maximum absolute atomic E-state index is 5.98. The van der Waals surface area contributed by atoms with Gasteiger partial charge in [0.1, 0.15) is 0 Å². The van der Waals surface area contributed by atoms with Crippen LogP contribution in [0, 0.1) is 0 Å². The lowest BCUT2D eigenvalue weighted by Crippen LogP contribution is -2.09. The van der Waals surface area contributed by atoms with E-state index in [4.69, 9.17) is 21.1 Å². The van der Waals surface area contributed by atoms with E-state index >= 15 is 0 Å². The topological polar surface area (TPSA) is 18.5 Å². The monoisotopic (exact) mass is 226 g/mol. The Hall–Kier alpha value is -0.830. The van der Waals surface area contributed by atoms with Crippen LogP contribution in [0.25, 0.3) is 6.08 Å². The molecule has 0 amide bonds. The molecular weight excluding hydrogens is 212 g/mol. The molecule has 1 unspecified atom stereocenters. The van der Waals surface area contributed by atoms with Crippen LogP contribution < -0.4 is 0 Å². The summed E-state index contributed by atoms with van der Waals surface area (Å²) in [5.74, 6) is 0. The summed E-state index contributed by atoms with van der Waals surface area (Å²) in [6.45, 7) is 2.36. The first-order chi connectivity index (χ1) is 7.24. The summed E-state index contributed by atoms with van der Waals surface area (Å²) < 4.78 is 10.2. The molecule has 0 aliphatic heterocycles. The Kier molecular flexibility index (Phi) is 5.40. The van der Waals surface area contributed by atoms with E-state index in [0.29, 0.717) is 6.61 Å². The largest absolute Gasteiger partial charge is 0.356 e. The standard InChI is InChI=1S/C12H15ClO2/c1-10(14-2)15-9-5-7-11-6-3-4-8-12(11)13/h3-8,10H,9H2,1-2H3/b7-5+. The molecule has 0 radical (unpaired) electrons. The van der Waals surface area contributed by atoms with E-state index in [1.165, 1.54) is 0 Å². The van der Waals surface area contributed by atoms with E-state index in [1.807, 2.05) is 43.3 Å². The van der Waals surface area contributed by atoms with Gasteiger partial charge in [0.05, 0.1) is 6.61 Å². The fourth-order valence-electron chi connectivity index (χ4n) is 1.04. The van der Waals surface area contributed by atoms with Crippen LogP contribution in [0.3, 0.4) is 0 Å². The second-order valence-corrected chi connectivity index (χ2v) is 3.47. The lowest BCUT2D eigenvalue weighted by molar-refractivity contribution is -0.101. The second-order valence-electron chi connectivity index (χ2n) is 3.06. The minimum atomic E-state index is -0.180. The molecule has 0 heterocycles. The highest BCUT2D eigenvalue weighted by atomic mass is 35.5. The Morgan fingerprint density at radius 1 is 1.40 bits per heavy atom. The zero-order chi connectivity index (χ0) is 11.1. The number of methoxy groups -OCH3 is 1. The van der Waals surface area contributed by atoms with Crippen molar-refractivity contribution in [2.45, 2.75) is 13.2 Å². The predicted octanol–water partition coefficient (Wildman–Crippen LogP) is 3.36. The van der Waals surface area contributed by atoms with Crippen molar-refractivity contribution in [1.29, 1.82) is 0 Å². The third-order valence-corrected chi connectivity index (χ3v) is 2.31. The molecule has 0 fully saturated rings. The van der Waals surface area contributed by atoms with Gasteiger partial charge >= 0.3 is 0 Å². The van der Waals surface area contributed by atoms with Crippen LogP contribution in [0.1, 0.15) is 12.5 Å². The van der Waals surface area contributed by atoms with Crippen molar-refractivity contribution in [2.75, 3.05) is 13.7 Å². The molecule has 0 aliphatic carbocycles. The number of hydrogen-bond acceptors (Lipinski definition) is 2. The van der Waals surface area contributed by atoms with Crippen LogP contribution in [-0.4, -0.2) is 20.0 Å². The molecule has 0 N–H and O–H groups in total. The van der Waals surface area contributed by atoms with E-state index in [2.05, 4.69) is 0 Å². The van der Waals surface area contributed by atoms with Crippen LogP contribution in [0.4, 0.5) is 0 Å². The Bertz CT molecular complexity index is 323. The zero-order valence-corrected chi connectivity index (χ0v) is 9.70. The van der Waals surface area contributed by atoms with Crippen LogP contribution in [0.5, 0.6) is 0 Å². The molecule has 0 spiro atoms. The fraction of sp³-hybridized carbons (Fsp3) is 0.333. The number of ether oxygens (including phenoxy) is 2. The molecular formula is C12H15ClO2. The third-order valence-electron chi connectivity index (χ3n) is 1.96. The van der Waals surface area contributed by atoms with Crippen molar-refractivity contribution in [3.05, 3.63) is 40.9 Å². The highest BCUT2D eigenvalue weighted by Gasteiger charge is 1.95. The van der Waals surface area contributed by atoms with E-state index in [0.717, 1.165) is 10.6 Å². The Morgan fingerprint density at radius 3 is 2.80 bits per heavy atom. The van der Waals surface area contributed by atoms with Gasteiger partial charge in [0.2, 0.25) is 0 Å². The van der Waals surface area contributed by atoms with Gasteiger partial charge in [-0.15, -0.1) is 0 Å². The Labute approximate surface area is 95.5 Å². The van der Waals surface area contributed by atoms with Crippen LogP contribution >= 0.6 is 11.6 Å². The number of halogens is 1. The second kappa shape index (κ2) is 6.62. The Balaban J connectivity index is 2.42. The summed E-state index contributed by atoms with van der Waals surface area (Å²) in [6, 6.07) is 7.67. The number of hydrogen-bond donors (Lipinski definition) is 0. The first-order valence-corrected chi connectivity index (χ1v) is 5.17. The summed E-state index contributed by atoms with van der Waals surface area (Å²) in [4.78, 5) is 0. The van der Waals surface area contributed by atoms with Crippen molar-refractivity contribution in [1.82, 2.24) is 0 Å². The fourth-order valence-corrected chi connectivity index (χ4v) is 1.24. The van der Waals surface area contributed by atoms with Gasteiger partial charge in [0.25, 0.3) is 0 Å². The molecule has 82 valence electrons. The van der Waals surface area contributed by atoms with Gasteiger partial charge in [-0.25, -0.2) is 0 Å². The molecule has 0 aromatic heterocycles. The molecule has 2 nitrogen and oxygen atoms in total. The minimum Gasteiger partial charge on any atom is -0.356 e. The summed E-state index contributed by atoms with van der Waals surface area (Å²) in [5.41, 5.74) is 0.993. The van der Waals surface area contributed by atoms with Gasteiger partial charge < -0.3 is 9.47 Å². The maximum atomic E-state index is 5.98. The smallest absolute Gasteiger partial charge is 0.154 e. The van der Waals surface area contributed by atoms with Crippen LogP contribution in [0.15, 0.2) is 30.3 Å². The van der Waals surface area contributed by atoms with Gasteiger partial charge in [-0.2, -0.15) is 0 Å². The first kappa shape index (κ1) is 12.2. The molecule has 1 rings (SSSR count). The molecule has 15 heavy (non-hydrogen) atoms. The van der Waals surface area contributed by atoms with Crippen LogP contribution in [-0.2, 0) is 9.47 Å². The third kappa shape index (κ3) is 4.47. The van der Waals surface area contributed by atoms with Gasteiger partial charge in [-0.05, 0) is 18.6 Å². The van der Waals surface area contributed by atoms with Gasteiger partial charge in [-0.1, -0.05) is 42.0 Å². The van der Waals surface area contributed by atoms with Gasteiger partial charge in [-0.3, -0.25) is 0 Å². The normalized spacial score (nSPS) is 13.3. The van der Waals surface area contributed by atoms with Crippen molar-refractivity contribution in [2.24, 2.45) is 0 Å².